The Hall–Kier alpha value is -3.85. The summed E-state index contributed by atoms with van der Waals surface area (Å²) in [5.41, 5.74) is 0. The highest BCUT2D eigenvalue weighted by atomic mass is 31.2. The van der Waals surface area contributed by atoms with Crippen LogP contribution >= 0.6 is 7.82 Å². The second kappa shape index (κ2) is 63.6. The van der Waals surface area contributed by atoms with Crippen LogP contribution in [0.4, 0.5) is 0 Å². The molecule has 9 nitrogen and oxygen atoms in total. The van der Waals surface area contributed by atoms with Gasteiger partial charge in [-0.25, -0.2) is 0 Å². The number of allylic oxidation sites excluding steroid dienone is 22. The molecule has 0 aromatic heterocycles. The SMILES string of the molecule is CC/C=C\C/C=C\C/C=C\C/C=C\C/C=C\C/C=C\C/C=C\C/C=C\C/C=C\C/C=C\C/C=C\CCCCCCCCCC(=O)OC(COC(=O)CCCCCCCCCCCCCCCCCCCCC)COP(=O)([O-])OCC[N+](C)(C)C. The molecule has 0 N–H and O–H groups in total. The third-order valence-electron chi connectivity index (χ3n) is 14.2. The molecule has 0 aliphatic rings. The van der Waals surface area contributed by atoms with Gasteiger partial charge in [0, 0.05) is 12.8 Å². The van der Waals surface area contributed by atoms with Crippen LogP contribution in [0.15, 0.2) is 134 Å². The zero-order chi connectivity index (χ0) is 61.2. The average Bonchev–Trinajstić information content (AvgIpc) is 3.61. The number of carbonyl (C=O) groups excluding carboxylic acids is 2. The largest absolute Gasteiger partial charge is 0.756 e. The molecule has 0 aliphatic heterocycles. The molecule has 0 amide bonds. The number of esters is 2. The van der Waals surface area contributed by atoms with E-state index in [4.69, 9.17) is 18.5 Å². The maximum Gasteiger partial charge on any atom is 0.306 e. The molecular formula is C74H126NO8P. The lowest BCUT2D eigenvalue weighted by Crippen LogP contribution is -2.37. The zero-order valence-electron chi connectivity index (χ0n) is 54.6. The molecule has 84 heavy (non-hydrogen) atoms. The smallest absolute Gasteiger partial charge is 0.306 e. The Balaban J connectivity index is 4.12. The van der Waals surface area contributed by atoms with Gasteiger partial charge in [0.25, 0.3) is 7.82 Å². The van der Waals surface area contributed by atoms with Gasteiger partial charge in [-0.15, -0.1) is 0 Å². The molecule has 0 fully saturated rings. The van der Waals surface area contributed by atoms with Gasteiger partial charge < -0.3 is 27.9 Å². The normalized spacial score (nSPS) is 14.0. The third kappa shape index (κ3) is 67.3. The Kier molecular flexibility index (Phi) is 60.7. The first-order valence-electron chi connectivity index (χ1n) is 33.9. The highest BCUT2D eigenvalue weighted by Crippen LogP contribution is 2.38. The Morgan fingerprint density at radius 3 is 1.01 bits per heavy atom. The van der Waals surface area contributed by atoms with Crippen molar-refractivity contribution in [1.82, 2.24) is 0 Å². The fourth-order valence-electron chi connectivity index (χ4n) is 9.02. The van der Waals surface area contributed by atoms with Gasteiger partial charge in [-0.1, -0.05) is 295 Å². The third-order valence-corrected chi connectivity index (χ3v) is 15.1. The number of quaternary nitrogens is 1. The number of phosphoric acid groups is 1. The number of nitrogens with zero attached hydrogens (tertiary/aromatic N) is 1. The lowest BCUT2D eigenvalue weighted by atomic mass is 10.0. The predicted molar refractivity (Wildman–Crippen MR) is 360 cm³/mol. The fourth-order valence-corrected chi connectivity index (χ4v) is 9.74. The van der Waals surface area contributed by atoms with Crippen LogP contribution in [0.3, 0.4) is 0 Å². The second-order valence-electron chi connectivity index (χ2n) is 23.5. The Bertz CT molecular complexity index is 1880. The van der Waals surface area contributed by atoms with Crippen molar-refractivity contribution in [2.45, 2.75) is 277 Å². The van der Waals surface area contributed by atoms with Gasteiger partial charge >= 0.3 is 11.9 Å². The van der Waals surface area contributed by atoms with Crippen molar-refractivity contribution in [2.24, 2.45) is 0 Å². The van der Waals surface area contributed by atoms with E-state index < -0.39 is 26.5 Å². The van der Waals surface area contributed by atoms with Crippen molar-refractivity contribution in [3.05, 3.63) is 134 Å². The van der Waals surface area contributed by atoms with Crippen LogP contribution in [0.1, 0.15) is 271 Å². The van der Waals surface area contributed by atoms with E-state index in [0.717, 1.165) is 122 Å². The lowest BCUT2D eigenvalue weighted by Gasteiger charge is -2.28. The van der Waals surface area contributed by atoms with Crippen LogP contribution < -0.4 is 4.89 Å². The highest BCUT2D eigenvalue weighted by Gasteiger charge is 2.22. The topological polar surface area (TPSA) is 111 Å². The molecular weight excluding hydrogens is 1060 g/mol. The fraction of sp³-hybridized carbons (Fsp3) is 0.676. The number of hydrogen-bond acceptors (Lipinski definition) is 8. The predicted octanol–water partition coefficient (Wildman–Crippen LogP) is 21.4. The van der Waals surface area contributed by atoms with E-state index in [1.54, 1.807) is 0 Å². The van der Waals surface area contributed by atoms with Crippen LogP contribution in [0, 0.1) is 0 Å². The summed E-state index contributed by atoms with van der Waals surface area (Å²) in [6, 6.07) is 0. The molecule has 2 atom stereocenters. The molecule has 0 saturated heterocycles. The number of hydrogen-bond donors (Lipinski definition) is 0. The van der Waals surface area contributed by atoms with Crippen LogP contribution in [0.5, 0.6) is 0 Å². The summed E-state index contributed by atoms with van der Waals surface area (Å²) in [7, 11) is 1.15. The summed E-state index contributed by atoms with van der Waals surface area (Å²) in [6.45, 7) is 4.13. The standard InChI is InChI=1S/C74H126NO8P/c1-6-8-10-12-14-16-18-20-22-24-26-27-28-29-30-31-32-33-34-35-36-37-38-39-40-41-42-43-44-45-46-47-49-51-53-55-57-59-61-63-65-67-74(77)83-72(71-82-84(78,79)81-69-68-75(3,4)5)70-80-73(76)66-64-62-60-58-56-54-52-50-48-25-23-21-19-17-15-13-11-9-7-2/h8,10,14,16,20,22,26-27,29-30,32-33,35-36,38-39,41-42,44-45,47,49,72H,6-7,9,11-13,15,17-19,21,23-25,28,31,34,37,40,43,46,48,50-71H2,1-5H3/b10-8-,16-14-,22-20-,27-26-,30-29-,33-32-,36-35-,39-38-,42-41-,45-44-,49-47-. The first-order chi connectivity index (χ1) is 41.0. The maximum atomic E-state index is 12.8. The van der Waals surface area contributed by atoms with Crippen molar-refractivity contribution < 1.29 is 42.1 Å². The number of ether oxygens (including phenoxy) is 2. The van der Waals surface area contributed by atoms with Gasteiger partial charge in [0.1, 0.15) is 19.8 Å². The van der Waals surface area contributed by atoms with E-state index in [1.807, 2.05) is 21.1 Å². The summed E-state index contributed by atoms with van der Waals surface area (Å²) in [4.78, 5) is 38.0. The average molecular weight is 1190 g/mol. The van der Waals surface area contributed by atoms with Crippen LogP contribution in [-0.2, 0) is 32.7 Å². The summed E-state index contributed by atoms with van der Waals surface area (Å²) < 4.78 is 34.2. The summed E-state index contributed by atoms with van der Waals surface area (Å²) >= 11 is 0. The minimum Gasteiger partial charge on any atom is -0.756 e. The molecule has 0 rings (SSSR count). The van der Waals surface area contributed by atoms with Gasteiger partial charge in [-0.3, -0.25) is 14.2 Å². The van der Waals surface area contributed by atoms with E-state index in [1.165, 1.54) is 116 Å². The summed E-state index contributed by atoms with van der Waals surface area (Å²) in [5, 5.41) is 0. The Labute approximate surface area is 517 Å². The quantitative estimate of drug-likeness (QED) is 0.0195. The van der Waals surface area contributed by atoms with Crippen molar-refractivity contribution in [3.63, 3.8) is 0 Å². The molecule has 10 heteroatoms. The summed E-state index contributed by atoms with van der Waals surface area (Å²) in [6.07, 6.45) is 92.3. The molecule has 0 heterocycles. The number of likely N-dealkylation sites (N-methyl/N-ethyl adjacent to an activating group) is 1. The minimum atomic E-state index is -4.65. The molecule has 0 aromatic rings. The monoisotopic (exact) mass is 1190 g/mol. The highest BCUT2D eigenvalue weighted by molar-refractivity contribution is 7.45. The molecule has 0 spiro atoms. The van der Waals surface area contributed by atoms with E-state index in [9.17, 15) is 19.0 Å². The molecule has 0 aliphatic carbocycles. The van der Waals surface area contributed by atoms with Gasteiger partial charge in [0.05, 0.1) is 27.7 Å². The molecule has 0 radical (unpaired) electrons. The Morgan fingerprint density at radius 1 is 0.381 bits per heavy atom. The number of carbonyl (C=O) groups is 2. The maximum absolute atomic E-state index is 12.8. The van der Waals surface area contributed by atoms with E-state index in [2.05, 4.69) is 148 Å². The zero-order valence-corrected chi connectivity index (χ0v) is 55.4. The number of phosphoric ester groups is 1. The summed E-state index contributed by atoms with van der Waals surface area (Å²) in [5.74, 6) is -0.845. The molecule has 0 saturated carbocycles. The van der Waals surface area contributed by atoms with Gasteiger partial charge in [-0.2, -0.15) is 0 Å². The van der Waals surface area contributed by atoms with E-state index in [0.29, 0.717) is 17.4 Å². The minimum absolute atomic E-state index is 0.0377. The number of unbranched alkanes of at least 4 members (excludes halogenated alkanes) is 25. The van der Waals surface area contributed by atoms with Crippen molar-refractivity contribution in [2.75, 3.05) is 47.5 Å². The van der Waals surface area contributed by atoms with E-state index in [-0.39, 0.29) is 32.0 Å². The molecule has 0 bridgehead atoms. The van der Waals surface area contributed by atoms with Crippen molar-refractivity contribution >= 4 is 19.8 Å². The van der Waals surface area contributed by atoms with Crippen LogP contribution in [-0.4, -0.2) is 70.0 Å². The van der Waals surface area contributed by atoms with Crippen LogP contribution in [0.2, 0.25) is 0 Å². The van der Waals surface area contributed by atoms with Gasteiger partial charge in [0.15, 0.2) is 6.10 Å². The number of rotatable bonds is 61. The van der Waals surface area contributed by atoms with E-state index >= 15 is 0 Å². The van der Waals surface area contributed by atoms with Crippen molar-refractivity contribution in [1.29, 1.82) is 0 Å². The van der Waals surface area contributed by atoms with Gasteiger partial charge in [0.2, 0.25) is 0 Å². The lowest BCUT2D eigenvalue weighted by molar-refractivity contribution is -0.870. The van der Waals surface area contributed by atoms with Gasteiger partial charge in [-0.05, 0) is 96.3 Å². The van der Waals surface area contributed by atoms with Crippen LogP contribution in [0.25, 0.3) is 0 Å². The first kappa shape index (κ1) is 80.2. The molecule has 480 valence electrons. The Morgan fingerprint density at radius 2 is 0.679 bits per heavy atom. The second-order valence-corrected chi connectivity index (χ2v) is 24.9. The molecule has 2 unspecified atom stereocenters. The molecule has 0 aromatic carbocycles. The van der Waals surface area contributed by atoms with Crippen molar-refractivity contribution in [3.8, 4) is 0 Å². The first-order valence-corrected chi connectivity index (χ1v) is 35.4.